The van der Waals surface area contributed by atoms with Crippen LogP contribution in [0.2, 0.25) is 5.02 Å². The van der Waals surface area contributed by atoms with Crippen molar-refractivity contribution in [3.63, 3.8) is 0 Å². The van der Waals surface area contributed by atoms with Crippen molar-refractivity contribution in [1.82, 2.24) is 14.9 Å². The molecule has 0 bridgehead atoms. The number of para-hydroxylation sites is 1. The predicted molar refractivity (Wildman–Crippen MR) is 158 cm³/mol. The van der Waals surface area contributed by atoms with Gasteiger partial charge < -0.3 is 14.8 Å². The molecule has 1 saturated heterocycles. The number of aromatic nitrogens is 2. The molecular weight excluding hydrogens is 538 g/mol. The van der Waals surface area contributed by atoms with E-state index in [4.69, 9.17) is 23.8 Å². The Kier molecular flexibility index (Phi) is 6.94. The van der Waals surface area contributed by atoms with E-state index >= 15 is 0 Å². The van der Waals surface area contributed by atoms with Gasteiger partial charge in [0.1, 0.15) is 0 Å². The molecule has 196 valence electrons. The maximum atomic E-state index is 11.8. The van der Waals surface area contributed by atoms with Crippen molar-refractivity contribution in [2.24, 2.45) is 0 Å². The van der Waals surface area contributed by atoms with Crippen molar-refractivity contribution in [2.75, 3.05) is 15.9 Å². The molecule has 2 N–H and O–H groups in total. The minimum atomic E-state index is -3.40. The highest BCUT2D eigenvalue weighted by molar-refractivity contribution is 7.92. The average molecular weight is 566 g/mol. The van der Waals surface area contributed by atoms with E-state index in [1.54, 1.807) is 12.3 Å². The molecule has 0 aliphatic carbocycles. The smallest absolute Gasteiger partial charge is 0.229 e. The zero-order valence-corrected chi connectivity index (χ0v) is 23.8. The maximum Gasteiger partial charge on any atom is 0.229 e. The molecule has 5 rings (SSSR count). The monoisotopic (exact) mass is 565 g/mol. The standard InChI is InChI=1S/C28H28ClN5O2S2/c1-17-15-20(12-13-23(17)32-38(4,35)36)34-27(26(31-28(34)37)24-10-7-8-14-30-24)21-16-18(2)33(19(21)3)25-11-6-5-9-22(25)29/h5-16,26-27,32H,1-4H3,(H,31,37)/t26-,27+/m0/s1. The highest BCUT2D eigenvalue weighted by Crippen LogP contribution is 2.44. The summed E-state index contributed by atoms with van der Waals surface area (Å²) >= 11 is 12.5. The summed E-state index contributed by atoms with van der Waals surface area (Å²) in [5.41, 5.74) is 7.14. The van der Waals surface area contributed by atoms with Crippen molar-refractivity contribution < 1.29 is 8.42 Å². The van der Waals surface area contributed by atoms with E-state index in [-0.39, 0.29) is 12.1 Å². The Balaban J connectivity index is 1.66. The predicted octanol–water partition coefficient (Wildman–Crippen LogP) is 6.00. The molecule has 4 aromatic rings. The Hall–Kier alpha value is -3.40. The molecule has 2 atom stereocenters. The lowest BCUT2D eigenvalue weighted by atomic mass is 9.96. The number of aryl methyl sites for hydroxylation is 2. The number of nitrogens with zero attached hydrogens (tertiary/aromatic N) is 3. The van der Waals surface area contributed by atoms with Crippen LogP contribution in [0.3, 0.4) is 0 Å². The summed E-state index contributed by atoms with van der Waals surface area (Å²) in [7, 11) is -3.40. The number of hydrogen-bond acceptors (Lipinski definition) is 4. The van der Waals surface area contributed by atoms with Crippen LogP contribution in [0.4, 0.5) is 11.4 Å². The third kappa shape index (κ3) is 4.89. The Labute approximate surface area is 233 Å². The van der Waals surface area contributed by atoms with Crippen molar-refractivity contribution in [1.29, 1.82) is 0 Å². The highest BCUT2D eigenvalue weighted by Gasteiger charge is 2.42. The SMILES string of the molecule is Cc1cc(N2C(=S)N[C@@H](c3ccccn3)[C@H]2c2cc(C)n(-c3ccccc3Cl)c2C)ccc1NS(C)(=O)=O. The Morgan fingerprint density at radius 2 is 1.76 bits per heavy atom. The van der Waals surface area contributed by atoms with E-state index in [0.29, 0.717) is 15.8 Å². The molecule has 0 saturated carbocycles. The molecule has 0 radical (unpaired) electrons. The molecule has 0 unspecified atom stereocenters. The molecule has 1 aliphatic rings. The molecule has 0 amide bonds. The van der Waals surface area contributed by atoms with Crippen molar-refractivity contribution >= 4 is 50.3 Å². The number of sulfonamides is 1. The minimum absolute atomic E-state index is 0.210. The average Bonchev–Trinajstić information content (AvgIpc) is 3.36. The fourth-order valence-electron chi connectivity index (χ4n) is 5.15. The van der Waals surface area contributed by atoms with Crippen LogP contribution >= 0.6 is 23.8 Å². The van der Waals surface area contributed by atoms with Crippen LogP contribution in [0.5, 0.6) is 0 Å². The Morgan fingerprint density at radius 3 is 2.42 bits per heavy atom. The van der Waals surface area contributed by atoms with Gasteiger partial charge in [-0.05, 0) is 92.6 Å². The first kappa shape index (κ1) is 26.2. The van der Waals surface area contributed by atoms with Crippen molar-refractivity contribution in [3.05, 3.63) is 106 Å². The third-order valence-corrected chi connectivity index (χ3v) is 7.99. The summed E-state index contributed by atoms with van der Waals surface area (Å²) in [6, 6.07) is 21.0. The number of benzene rings is 2. The summed E-state index contributed by atoms with van der Waals surface area (Å²) in [5, 5.41) is 4.73. The number of hydrogen-bond donors (Lipinski definition) is 2. The van der Waals surface area contributed by atoms with E-state index in [1.807, 2.05) is 61.5 Å². The van der Waals surface area contributed by atoms with Gasteiger partial charge in [0.05, 0.1) is 40.4 Å². The van der Waals surface area contributed by atoms with Gasteiger partial charge in [-0.25, -0.2) is 8.42 Å². The number of halogens is 1. The van der Waals surface area contributed by atoms with Crippen LogP contribution in [-0.4, -0.2) is 29.3 Å². The zero-order chi connectivity index (χ0) is 27.2. The highest BCUT2D eigenvalue weighted by atomic mass is 35.5. The van der Waals surface area contributed by atoms with Crippen LogP contribution in [0.25, 0.3) is 5.69 Å². The van der Waals surface area contributed by atoms with Crippen LogP contribution < -0.4 is 14.9 Å². The maximum absolute atomic E-state index is 11.8. The third-order valence-electron chi connectivity index (χ3n) is 6.76. The van der Waals surface area contributed by atoms with Gasteiger partial charge in [-0.2, -0.15) is 0 Å². The molecule has 7 nitrogen and oxygen atoms in total. The number of rotatable bonds is 6. The molecule has 3 heterocycles. The fourth-order valence-corrected chi connectivity index (χ4v) is 6.35. The molecule has 10 heteroatoms. The molecule has 0 spiro atoms. The van der Waals surface area contributed by atoms with Crippen molar-refractivity contribution in [2.45, 2.75) is 32.9 Å². The van der Waals surface area contributed by atoms with Crippen LogP contribution in [0.1, 0.15) is 40.3 Å². The molecule has 2 aromatic carbocycles. The van der Waals surface area contributed by atoms with Gasteiger partial charge in [0.25, 0.3) is 0 Å². The summed E-state index contributed by atoms with van der Waals surface area (Å²) in [6.07, 6.45) is 2.92. The minimum Gasteiger partial charge on any atom is -0.351 e. The van der Waals surface area contributed by atoms with Gasteiger partial charge in [0.15, 0.2) is 5.11 Å². The summed E-state index contributed by atoms with van der Waals surface area (Å²) in [4.78, 5) is 6.74. The second-order valence-corrected chi connectivity index (χ2v) is 12.0. The van der Waals surface area contributed by atoms with Gasteiger partial charge in [0.2, 0.25) is 10.0 Å². The van der Waals surface area contributed by atoms with Gasteiger partial charge in [-0.3, -0.25) is 9.71 Å². The second-order valence-electron chi connectivity index (χ2n) is 9.48. The normalized spacial score (nSPS) is 17.5. The molecule has 1 fully saturated rings. The van der Waals surface area contributed by atoms with E-state index in [9.17, 15) is 8.42 Å². The first-order valence-corrected chi connectivity index (χ1v) is 14.8. The first-order chi connectivity index (χ1) is 18.0. The second kappa shape index (κ2) is 10.1. The van der Waals surface area contributed by atoms with Crippen molar-refractivity contribution in [3.8, 4) is 5.69 Å². The summed E-state index contributed by atoms with van der Waals surface area (Å²) in [5.74, 6) is 0. The lowest BCUT2D eigenvalue weighted by Gasteiger charge is -2.29. The molecule has 38 heavy (non-hydrogen) atoms. The quantitative estimate of drug-likeness (QED) is 0.279. The zero-order valence-electron chi connectivity index (χ0n) is 21.4. The van der Waals surface area contributed by atoms with E-state index < -0.39 is 10.0 Å². The first-order valence-electron chi connectivity index (χ1n) is 12.1. The van der Waals surface area contributed by atoms with E-state index in [1.165, 1.54) is 0 Å². The number of anilines is 2. The van der Waals surface area contributed by atoms with Gasteiger partial charge in [-0.1, -0.05) is 29.8 Å². The summed E-state index contributed by atoms with van der Waals surface area (Å²) < 4.78 is 28.4. The number of thiocarbonyl (C=S) groups is 1. The fraction of sp³-hybridized carbons (Fsp3) is 0.214. The lowest BCUT2D eigenvalue weighted by molar-refractivity contribution is 0.565. The molecule has 1 aliphatic heterocycles. The van der Waals surface area contributed by atoms with E-state index in [2.05, 4.69) is 44.4 Å². The van der Waals surface area contributed by atoms with Crippen LogP contribution in [0.15, 0.2) is 72.9 Å². The van der Waals surface area contributed by atoms with E-state index in [0.717, 1.165) is 45.8 Å². The molecule has 2 aromatic heterocycles. The summed E-state index contributed by atoms with van der Waals surface area (Å²) in [6.45, 7) is 6.03. The lowest BCUT2D eigenvalue weighted by Crippen LogP contribution is -2.29. The van der Waals surface area contributed by atoms with Gasteiger partial charge in [0, 0.05) is 23.3 Å². The van der Waals surface area contributed by atoms with Crippen LogP contribution in [0, 0.1) is 20.8 Å². The topological polar surface area (TPSA) is 79.3 Å². The van der Waals surface area contributed by atoms with Gasteiger partial charge in [-0.15, -0.1) is 0 Å². The Bertz CT molecular complexity index is 1640. The number of pyridine rings is 1. The largest absolute Gasteiger partial charge is 0.351 e. The molecular formula is C28H28ClN5O2S2. The van der Waals surface area contributed by atoms with Gasteiger partial charge >= 0.3 is 0 Å². The Morgan fingerprint density at radius 1 is 1.03 bits per heavy atom. The number of nitrogens with one attached hydrogen (secondary N) is 2. The van der Waals surface area contributed by atoms with Crippen LogP contribution in [-0.2, 0) is 10.0 Å².